The molecule has 0 fully saturated rings. The van der Waals surface area contributed by atoms with E-state index in [1.54, 1.807) is 12.1 Å². The standard InChI is InChI=1S/C21H28N2O3S/c1-4-20(18-9-6-5-7-10-18)22-21(24)11-8-16-23(27(3,25)26)19-14-12-17(2)13-15-19/h5-7,9-10,12-15,20H,4,8,11,16H2,1-3H3,(H,22,24). The maximum Gasteiger partial charge on any atom is 0.232 e. The molecule has 0 bridgehead atoms. The maximum atomic E-state index is 12.3. The Balaban J connectivity index is 1.94. The van der Waals surface area contributed by atoms with Crippen LogP contribution in [-0.4, -0.2) is 27.1 Å². The Labute approximate surface area is 162 Å². The van der Waals surface area contributed by atoms with Crippen molar-refractivity contribution >= 4 is 21.6 Å². The van der Waals surface area contributed by atoms with E-state index in [4.69, 9.17) is 0 Å². The fourth-order valence-electron chi connectivity index (χ4n) is 2.95. The van der Waals surface area contributed by atoms with E-state index in [1.807, 2.05) is 56.3 Å². The molecule has 1 unspecified atom stereocenters. The number of hydrogen-bond acceptors (Lipinski definition) is 3. The first-order valence-electron chi connectivity index (χ1n) is 9.20. The highest BCUT2D eigenvalue weighted by atomic mass is 32.2. The summed E-state index contributed by atoms with van der Waals surface area (Å²) >= 11 is 0. The highest BCUT2D eigenvalue weighted by Gasteiger charge is 2.18. The number of nitrogens with zero attached hydrogens (tertiary/aromatic N) is 1. The second-order valence-corrected chi connectivity index (χ2v) is 8.62. The molecule has 6 heteroatoms. The number of carbonyl (C=O) groups excluding carboxylic acids is 1. The predicted molar refractivity (Wildman–Crippen MR) is 110 cm³/mol. The number of aryl methyl sites for hydroxylation is 1. The number of sulfonamides is 1. The fraction of sp³-hybridized carbons (Fsp3) is 0.381. The second-order valence-electron chi connectivity index (χ2n) is 6.71. The van der Waals surface area contributed by atoms with Crippen LogP contribution in [0.2, 0.25) is 0 Å². The summed E-state index contributed by atoms with van der Waals surface area (Å²) in [6, 6.07) is 17.2. The zero-order chi connectivity index (χ0) is 19.9. The molecule has 0 spiro atoms. The number of nitrogens with one attached hydrogen (secondary N) is 1. The van der Waals surface area contributed by atoms with Gasteiger partial charge in [-0.1, -0.05) is 55.0 Å². The summed E-state index contributed by atoms with van der Waals surface area (Å²) in [6.07, 6.45) is 2.73. The van der Waals surface area contributed by atoms with Crippen LogP contribution in [-0.2, 0) is 14.8 Å². The van der Waals surface area contributed by atoms with Gasteiger partial charge in [-0.05, 0) is 37.5 Å². The van der Waals surface area contributed by atoms with E-state index < -0.39 is 10.0 Å². The van der Waals surface area contributed by atoms with Crippen LogP contribution in [0.4, 0.5) is 5.69 Å². The number of carbonyl (C=O) groups is 1. The largest absolute Gasteiger partial charge is 0.349 e. The first-order valence-corrected chi connectivity index (χ1v) is 11.0. The van der Waals surface area contributed by atoms with Crippen molar-refractivity contribution in [3.05, 3.63) is 65.7 Å². The van der Waals surface area contributed by atoms with Crippen molar-refractivity contribution in [3.8, 4) is 0 Å². The van der Waals surface area contributed by atoms with Gasteiger partial charge in [0.1, 0.15) is 0 Å². The third-order valence-corrected chi connectivity index (χ3v) is 5.63. The van der Waals surface area contributed by atoms with Gasteiger partial charge in [0.05, 0.1) is 18.0 Å². The summed E-state index contributed by atoms with van der Waals surface area (Å²) in [7, 11) is -3.40. The lowest BCUT2D eigenvalue weighted by Crippen LogP contribution is -2.33. The molecule has 0 radical (unpaired) electrons. The summed E-state index contributed by atoms with van der Waals surface area (Å²) in [6.45, 7) is 4.26. The number of anilines is 1. The van der Waals surface area contributed by atoms with Gasteiger partial charge in [0.15, 0.2) is 0 Å². The molecule has 0 aliphatic rings. The van der Waals surface area contributed by atoms with Crippen molar-refractivity contribution < 1.29 is 13.2 Å². The molecule has 0 heterocycles. The molecule has 0 aromatic heterocycles. The topological polar surface area (TPSA) is 66.5 Å². The monoisotopic (exact) mass is 388 g/mol. The molecule has 0 aliphatic heterocycles. The van der Waals surface area contributed by atoms with Crippen LogP contribution >= 0.6 is 0 Å². The highest BCUT2D eigenvalue weighted by molar-refractivity contribution is 7.92. The lowest BCUT2D eigenvalue weighted by molar-refractivity contribution is -0.121. The molecular formula is C21H28N2O3S. The van der Waals surface area contributed by atoms with Gasteiger partial charge in [-0.15, -0.1) is 0 Å². The van der Waals surface area contributed by atoms with Gasteiger partial charge in [-0.25, -0.2) is 8.42 Å². The van der Waals surface area contributed by atoms with Crippen LogP contribution in [0.5, 0.6) is 0 Å². The Morgan fingerprint density at radius 3 is 2.26 bits per heavy atom. The lowest BCUT2D eigenvalue weighted by atomic mass is 10.0. The summed E-state index contributed by atoms with van der Waals surface area (Å²) in [5.74, 6) is -0.0666. The zero-order valence-electron chi connectivity index (χ0n) is 16.2. The van der Waals surface area contributed by atoms with Crippen molar-refractivity contribution in [2.24, 2.45) is 0 Å². The quantitative estimate of drug-likeness (QED) is 0.710. The first kappa shape index (κ1) is 21.0. The minimum atomic E-state index is -3.40. The molecule has 1 atom stereocenters. The lowest BCUT2D eigenvalue weighted by Gasteiger charge is -2.23. The fourth-order valence-corrected chi connectivity index (χ4v) is 3.92. The molecule has 2 rings (SSSR count). The smallest absolute Gasteiger partial charge is 0.232 e. The van der Waals surface area contributed by atoms with E-state index in [0.717, 1.165) is 17.5 Å². The third kappa shape index (κ3) is 6.40. The molecule has 5 nitrogen and oxygen atoms in total. The average Bonchev–Trinajstić information content (AvgIpc) is 2.64. The highest BCUT2D eigenvalue weighted by Crippen LogP contribution is 2.19. The Kier molecular flexibility index (Phi) is 7.42. The minimum absolute atomic E-state index is 0.0261. The predicted octanol–water partition coefficient (Wildman–Crippen LogP) is 3.81. The number of rotatable bonds is 9. The van der Waals surface area contributed by atoms with E-state index in [9.17, 15) is 13.2 Å². The summed E-state index contributed by atoms with van der Waals surface area (Å²) in [5.41, 5.74) is 2.77. The van der Waals surface area contributed by atoms with Crippen molar-refractivity contribution in [1.29, 1.82) is 0 Å². The summed E-state index contributed by atoms with van der Waals surface area (Å²) in [5, 5.41) is 3.04. The molecule has 1 amide bonds. The van der Waals surface area contributed by atoms with E-state index in [-0.39, 0.29) is 24.9 Å². The Bertz CT molecular complexity index is 833. The summed E-state index contributed by atoms with van der Waals surface area (Å²) in [4.78, 5) is 12.3. The van der Waals surface area contributed by atoms with Gasteiger partial charge in [0.25, 0.3) is 0 Å². The van der Waals surface area contributed by atoms with Gasteiger partial charge in [0.2, 0.25) is 15.9 Å². The van der Waals surface area contributed by atoms with Crippen LogP contribution in [0.3, 0.4) is 0 Å². The van der Waals surface area contributed by atoms with Gasteiger partial charge in [0, 0.05) is 13.0 Å². The normalized spacial score (nSPS) is 12.4. The van der Waals surface area contributed by atoms with Crippen molar-refractivity contribution in [3.63, 3.8) is 0 Å². The van der Waals surface area contributed by atoms with E-state index in [1.165, 1.54) is 10.6 Å². The molecule has 1 N–H and O–H groups in total. The van der Waals surface area contributed by atoms with E-state index in [0.29, 0.717) is 12.1 Å². The number of benzene rings is 2. The van der Waals surface area contributed by atoms with E-state index >= 15 is 0 Å². The van der Waals surface area contributed by atoms with Crippen molar-refractivity contribution in [1.82, 2.24) is 5.32 Å². The van der Waals surface area contributed by atoms with Gasteiger partial charge in [-0.3, -0.25) is 9.10 Å². The average molecular weight is 389 g/mol. The van der Waals surface area contributed by atoms with Crippen LogP contribution < -0.4 is 9.62 Å². The Morgan fingerprint density at radius 1 is 1.07 bits per heavy atom. The Hall–Kier alpha value is -2.34. The molecule has 0 saturated heterocycles. The van der Waals surface area contributed by atoms with Gasteiger partial charge in [-0.2, -0.15) is 0 Å². The molecular weight excluding hydrogens is 360 g/mol. The maximum absolute atomic E-state index is 12.3. The number of amides is 1. The Morgan fingerprint density at radius 2 is 1.70 bits per heavy atom. The molecule has 2 aromatic carbocycles. The molecule has 0 saturated carbocycles. The summed E-state index contributed by atoms with van der Waals surface area (Å²) < 4.78 is 25.6. The van der Waals surface area contributed by atoms with Crippen molar-refractivity contribution in [2.75, 3.05) is 17.1 Å². The van der Waals surface area contributed by atoms with Crippen molar-refractivity contribution in [2.45, 2.75) is 39.2 Å². The molecule has 0 aliphatic carbocycles. The second kappa shape index (κ2) is 9.55. The van der Waals surface area contributed by atoms with Gasteiger partial charge >= 0.3 is 0 Å². The molecule has 2 aromatic rings. The van der Waals surface area contributed by atoms with Crippen LogP contribution in [0.15, 0.2) is 54.6 Å². The SMILES string of the molecule is CCC(NC(=O)CCCN(c1ccc(C)cc1)S(C)(=O)=O)c1ccccc1. The van der Waals surface area contributed by atoms with Crippen LogP contribution in [0, 0.1) is 6.92 Å². The minimum Gasteiger partial charge on any atom is -0.349 e. The van der Waals surface area contributed by atoms with Crippen LogP contribution in [0.25, 0.3) is 0 Å². The number of hydrogen-bond donors (Lipinski definition) is 1. The first-order chi connectivity index (χ1) is 12.8. The third-order valence-electron chi connectivity index (χ3n) is 4.43. The molecule has 146 valence electrons. The van der Waals surface area contributed by atoms with Gasteiger partial charge < -0.3 is 5.32 Å². The van der Waals surface area contributed by atoms with E-state index in [2.05, 4.69) is 5.32 Å². The zero-order valence-corrected chi connectivity index (χ0v) is 17.0. The van der Waals surface area contributed by atoms with Crippen LogP contribution in [0.1, 0.15) is 43.4 Å². The molecule has 27 heavy (non-hydrogen) atoms.